The Balaban J connectivity index is 1.24. The van der Waals surface area contributed by atoms with Gasteiger partial charge in [-0.15, -0.1) is 11.3 Å². The molecule has 1 saturated heterocycles. The number of carbonyl (C=O) groups excluding carboxylic acids is 1. The van der Waals surface area contributed by atoms with Crippen LogP contribution in [0.15, 0.2) is 30.7 Å². The van der Waals surface area contributed by atoms with Crippen molar-refractivity contribution in [2.75, 3.05) is 38.0 Å². The van der Waals surface area contributed by atoms with Gasteiger partial charge in [0.05, 0.1) is 17.1 Å². The average molecular weight is 462 g/mol. The topological polar surface area (TPSA) is 90.0 Å². The van der Waals surface area contributed by atoms with E-state index in [-0.39, 0.29) is 5.92 Å². The molecular weight excluding hydrogens is 434 g/mol. The number of hydrogen-bond acceptors (Lipinski definition) is 7. The molecule has 0 saturated carbocycles. The van der Waals surface area contributed by atoms with Crippen LogP contribution in [0.25, 0.3) is 21.1 Å². The number of fused-ring (bicyclic) bond motifs is 4. The van der Waals surface area contributed by atoms with Gasteiger partial charge in [0.1, 0.15) is 17.0 Å². The molecule has 9 heteroatoms. The maximum atomic E-state index is 13.2. The SMILES string of the molecule is CCN1CCN(C(=O)C2CCc3c(sc4ncnc(Nc5ccc6[nH]ncc6c5)c34)C2)CC1. The number of rotatable bonds is 4. The standard InChI is InChI=1S/C24H27N7OS/c1-2-30-7-9-31(10-8-30)24(32)15-3-5-18-20(12-15)33-23-21(18)22(25-14-26-23)28-17-4-6-19-16(11-17)13-27-29-19/h4,6,11,13-15H,2-3,5,7-10,12H2,1H3,(H,27,29)(H,25,26,28). The number of hydrogen-bond donors (Lipinski definition) is 2. The summed E-state index contributed by atoms with van der Waals surface area (Å²) in [5, 5.41) is 12.7. The van der Waals surface area contributed by atoms with E-state index in [0.717, 1.165) is 84.6 Å². The summed E-state index contributed by atoms with van der Waals surface area (Å²) in [5.74, 6) is 1.24. The van der Waals surface area contributed by atoms with Gasteiger partial charge in [-0.1, -0.05) is 6.92 Å². The van der Waals surface area contributed by atoms with E-state index in [0.29, 0.717) is 5.91 Å². The first kappa shape index (κ1) is 20.6. The predicted octanol–water partition coefficient (Wildman–Crippen LogP) is 3.58. The summed E-state index contributed by atoms with van der Waals surface area (Å²) in [5.41, 5.74) is 3.29. The number of piperazine rings is 1. The molecule has 1 aliphatic carbocycles. The second-order valence-electron chi connectivity index (χ2n) is 8.90. The second kappa shape index (κ2) is 8.39. The molecule has 1 unspecified atom stereocenters. The number of anilines is 2. The van der Waals surface area contributed by atoms with Crippen molar-refractivity contribution in [3.05, 3.63) is 41.2 Å². The molecule has 1 aromatic carbocycles. The summed E-state index contributed by atoms with van der Waals surface area (Å²) in [7, 11) is 0. The summed E-state index contributed by atoms with van der Waals surface area (Å²) in [4.78, 5) is 29.1. The molecule has 0 bridgehead atoms. The highest BCUT2D eigenvalue weighted by molar-refractivity contribution is 7.19. The monoisotopic (exact) mass is 461 g/mol. The highest BCUT2D eigenvalue weighted by Crippen LogP contribution is 2.41. The number of H-pyrrole nitrogens is 1. The van der Waals surface area contributed by atoms with E-state index >= 15 is 0 Å². The van der Waals surface area contributed by atoms with Gasteiger partial charge in [-0.25, -0.2) is 9.97 Å². The number of likely N-dealkylation sites (N-methyl/N-ethyl adjacent to an activating group) is 1. The molecule has 8 nitrogen and oxygen atoms in total. The van der Waals surface area contributed by atoms with Crippen molar-refractivity contribution in [1.29, 1.82) is 0 Å². The molecular formula is C24H27N7OS. The summed E-state index contributed by atoms with van der Waals surface area (Å²) < 4.78 is 0. The highest BCUT2D eigenvalue weighted by Gasteiger charge is 2.32. The highest BCUT2D eigenvalue weighted by atomic mass is 32.1. The predicted molar refractivity (Wildman–Crippen MR) is 131 cm³/mol. The number of amides is 1. The minimum Gasteiger partial charge on any atom is -0.340 e. The van der Waals surface area contributed by atoms with E-state index in [1.165, 1.54) is 10.4 Å². The number of benzene rings is 1. The quantitative estimate of drug-likeness (QED) is 0.483. The number of nitrogens with zero attached hydrogens (tertiary/aromatic N) is 5. The lowest BCUT2D eigenvalue weighted by Crippen LogP contribution is -2.50. The van der Waals surface area contributed by atoms with Crippen molar-refractivity contribution in [3.8, 4) is 0 Å². The van der Waals surface area contributed by atoms with Crippen LogP contribution in [0.3, 0.4) is 0 Å². The number of aromatic amines is 1. The van der Waals surface area contributed by atoms with Crippen LogP contribution in [-0.4, -0.2) is 68.6 Å². The van der Waals surface area contributed by atoms with Crippen LogP contribution in [-0.2, 0) is 17.6 Å². The molecule has 0 spiro atoms. The molecule has 2 N–H and O–H groups in total. The van der Waals surface area contributed by atoms with Crippen LogP contribution in [0.1, 0.15) is 23.8 Å². The Hall–Kier alpha value is -3.04. The molecule has 1 fully saturated rings. The van der Waals surface area contributed by atoms with Crippen molar-refractivity contribution in [2.45, 2.75) is 26.2 Å². The molecule has 33 heavy (non-hydrogen) atoms. The van der Waals surface area contributed by atoms with E-state index in [4.69, 9.17) is 0 Å². The van der Waals surface area contributed by atoms with Crippen LogP contribution in [0.4, 0.5) is 11.5 Å². The Kier molecular flexibility index (Phi) is 5.22. The molecule has 0 radical (unpaired) electrons. The van der Waals surface area contributed by atoms with Crippen LogP contribution in [0.5, 0.6) is 0 Å². The van der Waals surface area contributed by atoms with E-state index in [1.54, 1.807) is 17.7 Å². The van der Waals surface area contributed by atoms with Gasteiger partial charge in [0.25, 0.3) is 0 Å². The van der Waals surface area contributed by atoms with Crippen molar-refractivity contribution < 1.29 is 4.79 Å². The Morgan fingerprint density at radius 1 is 1.24 bits per heavy atom. The number of aryl methyl sites for hydroxylation is 1. The fourth-order valence-electron chi connectivity index (χ4n) is 5.12. The lowest BCUT2D eigenvalue weighted by Gasteiger charge is -2.36. The Bertz CT molecular complexity index is 1320. The minimum absolute atomic E-state index is 0.0756. The van der Waals surface area contributed by atoms with Crippen molar-refractivity contribution in [2.24, 2.45) is 5.92 Å². The van der Waals surface area contributed by atoms with Gasteiger partial charge < -0.3 is 15.1 Å². The lowest BCUT2D eigenvalue weighted by molar-refractivity contribution is -0.137. The first-order valence-electron chi connectivity index (χ1n) is 11.7. The average Bonchev–Trinajstić information content (AvgIpc) is 3.47. The minimum atomic E-state index is 0.0756. The van der Waals surface area contributed by atoms with Gasteiger partial charge in [-0.05, 0) is 49.6 Å². The Morgan fingerprint density at radius 2 is 2.12 bits per heavy atom. The zero-order valence-corrected chi connectivity index (χ0v) is 19.5. The van der Waals surface area contributed by atoms with E-state index < -0.39 is 0 Å². The van der Waals surface area contributed by atoms with E-state index in [2.05, 4.69) is 48.3 Å². The van der Waals surface area contributed by atoms with Gasteiger partial charge in [0.2, 0.25) is 5.91 Å². The summed E-state index contributed by atoms with van der Waals surface area (Å²) >= 11 is 1.72. The zero-order valence-electron chi connectivity index (χ0n) is 18.7. The third-order valence-electron chi connectivity index (χ3n) is 7.03. The molecule has 3 aromatic heterocycles. The summed E-state index contributed by atoms with van der Waals surface area (Å²) in [6.07, 6.45) is 6.04. The molecule has 1 aliphatic heterocycles. The molecule has 170 valence electrons. The zero-order chi connectivity index (χ0) is 22.4. The first-order valence-corrected chi connectivity index (χ1v) is 12.5. The van der Waals surface area contributed by atoms with E-state index in [1.807, 2.05) is 18.3 Å². The van der Waals surface area contributed by atoms with Gasteiger partial charge in [-0.3, -0.25) is 9.89 Å². The van der Waals surface area contributed by atoms with Crippen molar-refractivity contribution in [3.63, 3.8) is 0 Å². The fraction of sp³-hybridized carbons (Fsp3) is 0.417. The third kappa shape index (κ3) is 3.75. The van der Waals surface area contributed by atoms with Crippen molar-refractivity contribution in [1.82, 2.24) is 30.0 Å². The molecule has 4 aromatic rings. The largest absolute Gasteiger partial charge is 0.340 e. The first-order chi connectivity index (χ1) is 16.2. The number of carbonyl (C=O) groups is 1. The van der Waals surface area contributed by atoms with Gasteiger partial charge in [-0.2, -0.15) is 5.10 Å². The molecule has 1 amide bonds. The fourth-order valence-corrected chi connectivity index (χ4v) is 6.38. The normalized spacial score (nSPS) is 19.2. The molecule has 1 atom stereocenters. The van der Waals surface area contributed by atoms with Crippen LogP contribution in [0, 0.1) is 5.92 Å². The second-order valence-corrected chi connectivity index (χ2v) is 9.99. The van der Waals surface area contributed by atoms with Crippen LogP contribution < -0.4 is 5.32 Å². The van der Waals surface area contributed by atoms with Gasteiger partial charge in [0, 0.05) is 48.0 Å². The van der Waals surface area contributed by atoms with Crippen LogP contribution in [0.2, 0.25) is 0 Å². The molecule has 2 aliphatic rings. The Morgan fingerprint density at radius 3 is 2.97 bits per heavy atom. The maximum absolute atomic E-state index is 13.2. The van der Waals surface area contributed by atoms with Crippen molar-refractivity contribution >= 4 is 49.9 Å². The maximum Gasteiger partial charge on any atom is 0.226 e. The van der Waals surface area contributed by atoms with Gasteiger partial charge in [0.15, 0.2) is 0 Å². The number of nitrogens with one attached hydrogen (secondary N) is 2. The smallest absolute Gasteiger partial charge is 0.226 e. The summed E-state index contributed by atoms with van der Waals surface area (Å²) in [6, 6.07) is 6.11. The molecule has 4 heterocycles. The third-order valence-corrected chi connectivity index (χ3v) is 8.19. The Labute approximate surface area is 196 Å². The lowest BCUT2D eigenvalue weighted by atomic mass is 9.86. The van der Waals surface area contributed by atoms with Crippen LogP contribution >= 0.6 is 11.3 Å². The van der Waals surface area contributed by atoms with E-state index in [9.17, 15) is 4.79 Å². The number of thiophene rings is 1. The van der Waals surface area contributed by atoms with Gasteiger partial charge >= 0.3 is 0 Å². The number of aromatic nitrogens is 4. The summed E-state index contributed by atoms with van der Waals surface area (Å²) in [6.45, 7) is 6.91. The molecule has 6 rings (SSSR count).